The first-order valence-electron chi connectivity index (χ1n) is 8.96. The smallest absolute Gasteiger partial charge is 0.227 e. The Morgan fingerprint density at radius 1 is 1.28 bits per heavy atom. The molecular weight excluding hydrogens is 316 g/mol. The van der Waals surface area contributed by atoms with Gasteiger partial charge in [0.2, 0.25) is 5.91 Å². The molecule has 2 aromatic rings. The summed E-state index contributed by atoms with van der Waals surface area (Å²) in [6, 6.07) is 8.00. The molecule has 0 spiro atoms. The standard InChI is InChI=1S/C19H26N4O2/c1-4-25-18-9-7-16(8-10-18)12-19(24)22-11-5-6-17(13-22)23-15(3)20-14(2)21-23/h7-10,17H,4-6,11-13H2,1-3H3. The van der Waals surface area contributed by atoms with Gasteiger partial charge >= 0.3 is 0 Å². The zero-order valence-corrected chi connectivity index (χ0v) is 15.2. The highest BCUT2D eigenvalue weighted by atomic mass is 16.5. The molecule has 0 aliphatic carbocycles. The van der Waals surface area contributed by atoms with Gasteiger partial charge in [-0.2, -0.15) is 5.10 Å². The second-order valence-corrected chi connectivity index (χ2v) is 6.54. The average Bonchev–Trinajstić information content (AvgIpc) is 2.95. The fraction of sp³-hybridized carbons (Fsp3) is 0.526. The van der Waals surface area contributed by atoms with E-state index >= 15 is 0 Å². The summed E-state index contributed by atoms with van der Waals surface area (Å²) in [6.45, 7) is 8.01. The van der Waals surface area contributed by atoms with Gasteiger partial charge in [0.05, 0.1) is 19.1 Å². The van der Waals surface area contributed by atoms with E-state index < -0.39 is 0 Å². The highest BCUT2D eigenvalue weighted by Crippen LogP contribution is 2.23. The number of carbonyl (C=O) groups is 1. The van der Waals surface area contributed by atoms with E-state index in [-0.39, 0.29) is 11.9 Å². The molecule has 3 rings (SSSR count). The van der Waals surface area contributed by atoms with Gasteiger partial charge in [-0.1, -0.05) is 12.1 Å². The van der Waals surface area contributed by atoms with Crippen molar-refractivity contribution in [2.45, 2.75) is 46.1 Å². The molecule has 1 aliphatic heterocycles. The van der Waals surface area contributed by atoms with Crippen molar-refractivity contribution in [2.75, 3.05) is 19.7 Å². The number of piperidine rings is 1. The second-order valence-electron chi connectivity index (χ2n) is 6.54. The summed E-state index contributed by atoms with van der Waals surface area (Å²) in [5.41, 5.74) is 1.02. The van der Waals surface area contributed by atoms with E-state index in [1.807, 2.05) is 54.6 Å². The highest BCUT2D eigenvalue weighted by molar-refractivity contribution is 5.79. The maximum absolute atomic E-state index is 12.7. The number of ether oxygens (including phenoxy) is 1. The second kappa shape index (κ2) is 7.68. The SMILES string of the molecule is CCOc1ccc(CC(=O)N2CCCC(n3nc(C)nc3C)C2)cc1. The molecule has 1 atom stereocenters. The molecule has 1 saturated heterocycles. The van der Waals surface area contributed by atoms with Crippen LogP contribution in [0.15, 0.2) is 24.3 Å². The Morgan fingerprint density at radius 2 is 2.04 bits per heavy atom. The molecule has 0 N–H and O–H groups in total. The first kappa shape index (κ1) is 17.5. The predicted molar refractivity (Wildman–Crippen MR) is 95.7 cm³/mol. The minimum atomic E-state index is 0.170. The van der Waals surface area contributed by atoms with Crippen LogP contribution in [0.3, 0.4) is 0 Å². The minimum absolute atomic E-state index is 0.170. The molecule has 1 aromatic carbocycles. The molecule has 0 bridgehead atoms. The van der Waals surface area contributed by atoms with Crippen LogP contribution in [0.4, 0.5) is 0 Å². The van der Waals surface area contributed by atoms with Crippen molar-refractivity contribution >= 4 is 5.91 Å². The fourth-order valence-electron chi connectivity index (χ4n) is 3.42. The number of hydrogen-bond acceptors (Lipinski definition) is 4. The molecule has 6 heteroatoms. The van der Waals surface area contributed by atoms with Crippen molar-refractivity contribution in [3.63, 3.8) is 0 Å². The molecule has 1 fully saturated rings. The number of likely N-dealkylation sites (tertiary alicyclic amines) is 1. The van der Waals surface area contributed by atoms with Gasteiger partial charge in [0, 0.05) is 13.1 Å². The Labute approximate surface area is 148 Å². The van der Waals surface area contributed by atoms with Crippen molar-refractivity contribution < 1.29 is 9.53 Å². The third-order valence-corrected chi connectivity index (χ3v) is 4.59. The Hall–Kier alpha value is -2.37. The van der Waals surface area contributed by atoms with Gasteiger partial charge in [-0.25, -0.2) is 9.67 Å². The lowest BCUT2D eigenvalue weighted by Crippen LogP contribution is -2.41. The largest absolute Gasteiger partial charge is 0.494 e. The maximum atomic E-state index is 12.7. The van der Waals surface area contributed by atoms with Gasteiger partial charge in [0.1, 0.15) is 17.4 Å². The predicted octanol–water partition coefficient (Wildman–Crippen LogP) is 2.70. The maximum Gasteiger partial charge on any atom is 0.227 e. The summed E-state index contributed by atoms with van der Waals surface area (Å²) in [7, 11) is 0. The average molecular weight is 342 g/mol. The Bertz CT molecular complexity index is 724. The highest BCUT2D eigenvalue weighted by Gasteiger charge is 2.26. The lowest BCUT2D eigenvalue weighted by molar-refractivity contribution is -0.132. The first-order chi connectivity index (χ1) is 12.1. The van der Waals surface area contributed by atoms with Crippen LogP contribution < -0.4 is 4.74 Å². The molecule has 1 aliphatic rings. The molecule has 1 unspecified atom stereocenters. The zero-order valence-electron chi connectivity index (χ0n) is 15.2. The molecule has 0 radical (unpaired) electrons. The summed E-state index contributed by atoms with van der Waals surface area (Å²) in [4.78, 5) is 19.0. The summed E-state index contributed by atoms with van der Waals surface area (Å²) in [5.74, 6) is 2.72. The van der Waals surface area contributed by atoms with Crippen LogP contribution in [-0.2, 0) is 11.2 Å². The van der Waals surface area contributed by atoms with Crippen molar-refractivity contribution in [1.29, 1.82) is 0 Å². The third-order valence-electron chi connectivity index (χ3n) is 4.59. The van der Waals surface area contributed by atoms with Crippen molar-refractivity contribution in [3.8, 4) is 5.75 Å². The van der Waals surface area contributed by atoms with Crippen LogP contribution in [0.2, 0.25) is 0 Å². The van der Waals surface area contributed by atoms with Crippen LogP contribution >= 0.6 is 0 Å². The van der Waals surface area contributed by atoms with Gasteiger partial charge in [0.15, 0.2) is 0 Å². The summed E-state index contributed by atoms with van der Waals surface area (Å²) in [5, 5.41) is 4.49. The number of nitrogens with zero attached hydrogens (tertiary/aromatic N) is 4. The van der Waals surface area contributed by atoms with Gasteiger partial charge in [-0.3, -0.25) is 4.79 Å². The monoisotopic (exact) mass is 342 g/mol. The minimum Gasteiger partial charge on any atom is -0.494 e. The van der Waals surface area contributed by atoms with Gasteiger partial charge in [-0.05, 0) is 51.3 Å². The van der Waals surface area contributed by atoms with Crippen molar-refractivity contribution in [1.82, 2.24) is 19.7 Å². The van der Waals surface area contributed by atoms with Gasteiger partial charge in [0.25, 0.3) is 0 Å². The number of carbonyl (C=O) groups excluding carboxylic acids is 1. The molecule has 25 heavy (non-hydrogen) atoms. The lowest BCUT2D eigenvalue weighted by Gasteiger charge is -2.33. The number of amides is 1. The molecule has 6 nitrogen and oxygen atoms in total. The summed E-state index contributed by atoms with van der Waals surface area (Å²) < 4.78 is 7.43. The summed E-state index contributed by atoms with van der Waals surface area (Å²) >= 11 is 0. The molecular formula is C19H26N4O2. The van der Waals surface area contributed by atoms with Gasteiger partial charge < -0.3 is 9.64 Å². The molecule has 1 amide bonds. The van der Waals surface area contributed by atoms with E-state index in [1.54, 1.807) is 0 Å². The van der Waals surface area contributed by atoms with E-state index in [1.165, 1.54) is 0 Å². The Morgan fingerprint density at radius 3 is 2.68 bits per heavy atom. The summed E-state index contributed by atoms with van der Waals surface area (Å²) in [6.07, 6.45) is 2.46. The Balaban J connectivity index is 1.62. The van der Waals surface area contributed by atoms with E-state index in [0.717, 1.165) is 42.3 Å². The first-order valence-corrected chi connectivity index (χ1v) is 8.96. The topological polar surface area (TPSA) is 60.2 Å². The van der Waals surface area contributed by atoms with E-state index in [2.05, 4.69) is 10.1 Å². The van der Waals surface area contributed by atoms with E-state index in [0.29, 0.717) is 19.6 Å². The normalized spacial score (nSPS) is 17.6. The number of hydrogen-bond donors (Lipinski definition) is 0. The molecule has 0 saturated carbocycles. The Kier molecular flexibility index (Phi) is 5.36. The quantitative estimate of drug-likeness (QED) is 0.838. The van der Waals surface area contributed by atoms with Crippen LogP contribution in [0.5, 0.6) is 5.75 Å². The number of benzene rings is 1. The lowest BCUT2D eigenvalue weighted by atomic mass is 10.0. The fourth-order valence-corrected chi connectivity index (χ4v) is 3.42. The number of aromatic nitrogens is 3. The molecule has 2 heterocycles. The molecule has 1 aromatic heterocycles. The number of rotatable bonds is 5. The van der Waals surface area contributed by atoms with Crippen LogP contribution in [0.1, 0.15) is 43.0 Å². The van der Waals surface area contributed by atoms with Gasteiger partial charge in [-0.15, -0.1) is 0 Å². The molecule has 134 valence electrons. The van der Waals surface area contributed by atoms with E-state index in [4.69, 9.17) is 4.74 Å². The van der Waals surface area contributed by atoms with Crippen molar-refractivity contribution in [3.05, 3.63) is 41.5 Å². The van der Waals surface area contributed by atoms with Crippen molar-refractivity contribution in [2.24, 2.45) is 0 Å². The third kappa shape index (κ3) is 4.18. The van der Waals surface area contributed by atoms with Crippen LogP contribution in [-0.4, -0.2) is 45.3 Å². The number of aryl methyl sites for hydroxylation is 2. The zero-order chi connectivity index (χ0) is 17.8. The van der Waals surface area contributed by atoms with Crippen LogP contribution in [0, 0.1) is 13.8 Å². The van der Waals surface area contributed by atoms with Crippen LogP contribution in [0.25, 0.3) is 0 Å². The van der Waals surface area contributed by atoms with E-state index in [9.17, 15) is 4.79 Å².